The number of hydrogen-bond donors (Lipinski definition) is 3. The van der Waals surface area contributed by atoms with E-state index >= 15 is 0 Å². The summed E-state index contributed by atoms with van der Waals surface area (Å²) in [6, 6.07) is 7.55. The number of rotatable bonds is 4. The normalized spacial score (nSPS) is 10.1. The molecule has 19 heavy (non-hydrogen) atoms. The summed E-state index contributed by atoms with van der Waals surface area (Å²) in [5.74, 6) is -0.281. The number of nitrogens with one attached hydrogen (secondary N) is 2. The Hall–Kier alpha value is -2.83. The van der Waals surface area contributed by atoms with Crippen molar-refractivity contribution in [3.05, 3.63) is 57.9 Å². The second kappa shape index (κ2) is 5.21. The van der Waals surface area contributed by atoms with Gasteiger partial charge in [0.15, 0.2) is 0 Å². The number of aromatic nitrogens is 1. The summed E-state index contributed by atoms with van der Waals surface area (Å²) in [4.78, 5) is 24.1. The number of aromatic amines is 1. The molecule has 0 radical (unpaired) electrons. The first-order valence-electron chi connectivity index (χ1n) is 5.45. The van der Waals surface area contributed by atoms with E-state index in [1.54, 1.807) is 12.1 Å². The van der Waals surface area contributed by atoms with Gasteiger partial charge in [-0.2, -0.15) is 0 Å². The number of hydrogen-bond acceptors (Lipinski definition) is 4. The fourth-order valence-electron chi connectivity index (χ4n) is 1.51. The van der Waals surface area contributed by atoms with Crippen LogP contribution in [-0.2, 0) is 6.54 Å². The molecule has 98 valence electrons. The molecule has 0 saturated heterocycles. The highest BCUT2D eigenvalue weighted by atomic mass is 16.6. The molecule has 1 heterocycles. The number of benzene rings is 1. The fraction of sp³-hybridized carbons (Fsp3) is 0.0833. The van der Waals surface area contributed by atoms with Gasteiger partial charge in [0.1, 0.15) is 11.4 Å². The average Bonchev–Trinajstić information content (AvgIpc) is 2.87. The lowest BCUT2D eigenvalue weighted by Gasteiger charge is -2.03. The molecule has 2 rings (SSSR count). The highest BCUT2D eigenvalue weighted by Gasteiger charge is 2.13. The molecule has 1 aromatic heterocycles. The van der Waals surface area contributed by atoms with Gasteiger partial charge in [-0.25, -0.2) is 0 Å². The third-order valence-electron chi connectivity index (χ3n) is 2.51. The van der Waals surface area contributed by atoms with Crippen molar-refractivity contribution >= 4 is 11.6 Å². The number of carbonyl (C=O) groups is 1. The lowest BCUT2D eigenvalue weighted by atomic mass is 10.2. The standard InChI is InChI=1S/C12H11N3O4/c16-10-3-1-8(2-4-10)6-14-12(17)11-5-9(7-13-11)15(18)19/h1-5,7,13,16H,6H2,(H,14,17). The Morgan fingerprint density at radius 2 is 2.05 bits per heavy atom. The predicted octanol–water partition coefficient (Wildman–Crippen LogP) is 1.56. The molecule has 1 aromatic carbocycles. The van der Waals surface area contributed by atoms with Crippen LogP contribution in [0.2, 0.25) is 0 Å². The summed E-state index contributed by atoms with van der Waals surface area (Å²) in [7, 11) is 0. The topological polar surface area (TPSA) is 108 Å². The van der Waals surface area contributed by atoms with Crippen molar-refractivity contribution in [2.75, 3.05) is 0 Å². The van der Waals surface area contributed by atoms with E-state index in [9.17, 15) is 14.9 Å². The largest absolute Gasteiger partial charge is 0.508 e. The summed E-state index contributed by atoms with van der Waals surface area (Å²) >= 11 is 0. The molecule has 0 bridgehead atoms. The number of nitro groups is 1. The van der Waals surface area contributed by atoms with E-state index in [-0.39, 0.29) is 23.7 Å². The van der Waals surface area contributed by atoms with Crippen LogP contribution in [0, 0.1) is 10.1 Å². The molecule has 7 heteroatoms. The number of H-pyrrole nitrogens is 1. The monoisotopic (exact) mass is 261 g/mol. The van der Waals surface area contributed by atoms with E-state index < -0.39 is 10.8 Å². The second-order valence-corrected chi connectivity index (χ2v) is 3.88. The van der Waals surface area contributed by atoms with Crippen LogP contribution in [0.15, 0.2) is 36.5 Å². The van der Waals surface area contributed by atoms with Gasteiger partial charge < -0.3 is 15.4 Å². The van der Waals surface area contributed by atoms with Crippen LogP contribution in [0.4, 0.5) is 5.69 Å². The zero-order valence-corrected chi connectivity index (χ0v) is 9.79. The average molecular weight is 261 g/mol. The van der Waals surface area contributed by atoms with Crippen molar-refractivity contribution in [3.8, 4) is 5.75 Å². The Balaban J connectivity index is 1.97. The van der Waals surface area contributed by atoms with Crippen LogP contribution in [0.5, 0.6) is 5.75 Å². The summed E-state index contributed by atoms with van der Waals surface area (Å²) < 4.78 is 0. The van der Waals surface area contributed by atoms with Crippen LogP contribution in [0.1, 0.15) is 16.1 Å². The van der Waals surface area contributed by atoms with Gasteiger partial charge in [0.05, 0.1) is 11.1 Å². The maximum Gasteiger partial charge on any atom is 0.287 e. The van der Waals surface area contributed by atoms with Gasteiger partial charge in [-0.15, -0.1) is 0 Å². The van der Waals surface area contributed by atoms with E-state index in [0.29, 0.717) is 0 Å². The maximum absolute atomic E-state index is 11.7. The van der Waals surface area contributed by atoms with Crippen LogP contribution < -0.4 is 5.32 Å². The molecule has 0 saturated carbocycles. The number of phenolic OH excluding ortho intramolecular Hbond substituents is 1. The minimum absolute atomic E-state index is 0.130. The van der Waals surface area contributed by atoms with Crippen LogP contribution in [0.3, 0.4) is 0 Å². The summed E-state index contributed by atoms with van der Waals surface area (Å²) in [5.41, 5.74) is 0.785. The van der Waals surface area contributed by atoms with Crippen LogP contribution in [0.25, 0.3) is 0 Å². The molecule has 0 spiro atoms. The molecule has 0 unspecified atom stereocenters. The van der Waals surface area contributed by atoms with Crippen molar-refractivity contribution < 1.29 is 14.8 Å². The van der Waals surface area contributed by atoms with E-state index in [1.165, 1.54) is 18.2 Å². The molecule has 2 aromatic rings. The van der Waals surface area contributed by atoms with Gasteiger partial charge in [-0.1, -0.05) is 12.1 Å². The lowest BCUT2D eigenvalue weighted by Crippen LogP contribution is -2.22. The zero-order valence-electron chi connectivity index (χ0n) is 9.79. The Morgan fingerprint density at radius 1 is 1.37 bits per heavy atom. The molecule has 0 aliphatic rings. The molecule has 0 atom stereocenters. The van der Waals surface area contributed by atoms with E-state index in [0.717, 1.165) is 11.8 Å². The number of carbonyl (C=O) groups excluding carboxylic acids is 1. The molecular weight excluding hydrogens is 250 g/mol. The number of nitrogens with zero attached hydrogens (tertiary/aromatic N) is 1. The molecule has 3 N–H and O–H groups in total. The molecule has 1 amide bonds. The van der Waals surface area contributed by atoms with E-state index in [1.807, 2.05) is 0 Å². The first kappa shape index (κ1) is 12.6. The molecule has 0 aliphatic heterocycles. The van der Waals surface area contributed by atoms with Gasteiger partial charge in [-0.05, 0) is 17.7 Å². The third-order valence-corrected chi connectivity index (χ3v) is 2.51. The Labute approximate surface area is 108 Å². The molecular formula is C12H11N3O4. The predicted molar refractivity (Wildman–Crippen MR) is 66.7 cm³/mol. The highest BCUT2D eigenvalue weighted by Crippen LogP contribution is 2.12. The van der Waals surface area contributed by atoms with E-state index in [2.05, 4.69) is 10.3 Å². The Bertz CT molecular complexity index is 604. The smallest absolute Gasteiger partial charge is 0.287 e. The fourth-order valence-corrected chi connectivity index (χ4v) is 1.51. The molecule has 0 aliphatic carbocycles. The highest BCUT2D eigenvalue weighted by molar-refractivity contribution is 5.93. The van der Waals surface area contributed by atoms with Gasteiger partial charge in [0.25, 0.3) is 11.6 Å². The Morgan fingerprint density at radius 3 is 2.63 bits per heavy atom. The van der Waals surface area contributed by atoms with Gasteiger partial charge in [0.2, 0.25) is 0 Å². The van der Waals surface area contributed by atoms with Crippen molar-refractivity contribution in [2.45, 2.75) is 6.54 Å². The van der Waals surface area contributed by atoms with Crippen molar-refractivity contribution in [1.82, 2.24) is 10.3 Å². The first-order chi connectivity index (χ1) is 9.06. The lowest BCUT2D eigenvalue weighted by molar-refractivity contribution is -0.384. The minimum Gasteiger partial charge on any atom is -0.508 e. The van der Waals surface area contributed by atoms with Gasteiger partial charge in [0, 0.05) is 12.6 Å². The van der Waals surface area contributed by atoms with Crippen molar-refractivity contribution in [1.29, 1.82) is 0 Å². The zero-order chi connectivity index (χ0) is 13.8. The molecule has 7 nitrogen and oxygen atoms in total. The number of aromatic hydroxyl groups is 1. The van der Waals surface area contributed by atoms with E-state index in [4.69, 9.17) is 5.11 Å². The maximum atomic E-state index is 11.7. The SMILES string of the molecule is O=C(NCc1ccc(O)cc1)c1cc([N+](=O)[O-])c[nH]1. The minimum atomic E-state index is -0.576. The third kappa shape index (κ3) is 3.09. The molecule has 0 fully saturated rings. The quantitative estimate of drug-likeness (QED) is 0.573. The first-order valence-corrected chi connectivity index (χ1v) is 5.45. The number of phenols is 1. The van der Waals surface area contributed by atoms with Crippen LogP contribution in [-0.4, -0.2) is 20.9 Å². The van der Waals surface area contributed by atoms with Gasteiger partial charge >= 0.3 is 0 Å². The summed E-state index contributed by atoms with van der Waals surface area (Å²) in [6.45, 7) is 0.270. The van der Waals surface area contributed by atoms with Gasteiger partial charge in [-0.3, -0.25) is 14.9 Å². The van der Waals surface area contributed by atoms with Crippen LogP contribution >= 0.6 is 0 Å². The summed E-state index contributed by atoms with van der Waals surface area (Å²) in [6.07, 6.45) is 1.16. The second-order valence-electron chi connectivity index (χ2n) is 3.88. The summed E-state index contributed by atoms with van der Waals surface area (Å²) in [5, 5.41) is 22.2. The number of amides is 1. The van der Waals surface area contributed by atoms with Crippen molar-refractivity contribution in [3.63, 3.8) is 0 Å². The Kier molecular flexibility index (Phi) is 3.46. The van der Waals surface area contributed by atoms with Crippen molar-refractivity contribution in [2.24, 2.45) is 0 Å².